The molecule has 6 nitrogen and oxygen atoms in total. The minimum atomic E-state index is -0.448. The van der Waals surface area contributed by atoms with Gasteiger partial charge in [0.1, 0.15) is 0 Å². The molecule has 0 radical (unpaired) electrons. The van der Waals surface area contributed by atoms with Crippen LogP contribution in [0.2, 0.25) is 0 Å². The summed E-state index contributed by atoms with van der Waals surface area (Å²) in [5.74, 6) is 0. The predicted octanol–water partition coefficient (Wildman–Crippen LogP) is 2.99. The Hall–Kier alpha value is -3.15. The average molecular weight is 295 g/mol. The third-order valence-corrected chi connectivity index (χ3v) is 3.42. The number of nitrogens with one attached hydrogen (secondary N) is 2. The van der Waals surface area contributed by atoms with E-state index >= 15 is 0 Å². The third-order valence-electron chi connectivity index (χ3n) is 3.42. The Labute approximate surface area is 126 Å². The first-order valence-electron chi connectivity index (χ1n) is 6.72. The number of carbonyl (C=O) groups is 1. The molecule has 1 unspecified atom stereocenters. The van der Waals surface area contributed by atoms with Gasteiger partial charge in [0, 0.05) is 17.8 Å². The number of urea groups is 1. The molecule has 2 amide bonds. The van der Waals surface area contributed by atoms with E-state index in [1.165, 1.54) is 12.1 Å². The number of amides is 2. The Morgan fingerprint density at radius 2 is 1.68 bits per heavy atom. The maximum Gasteiger partial charge on any atom is 0.319 e. The summed E-state index contributed by atoms with van der Waals surface area (Å²) in [6.07, 6.45) is 1.89. The molecule has 0 aromatic heterocycles. The average Bonchev–Trinajstić information content (AvgIpc) is 2.55. The lowest BCUT2D eigenvalue weighted by atomic mass is 10.0. The summed E-state index contributed by atoms with van der Waals surface area (Å²) in [6, 6.07) is 15.0. The van der Waals surface area contributed by atoms with Crippen LogP contribution in [0.25, 0.3) is 5.70 Å². The maximum absolute atomic E-state index is 11.8. The number of nitro benzene ring substituents is 1. The Bertz CT molecular complexity index is 739. The van der Waals surface area contributed by atoms with Gasteiger partial charge in [-0.05, 0) is 29.3 Å². The smallest absolute Gasteiger partial charge is 0.319 e. The summed E-state index contributed by atoms with van der Waals surface area (Å²) in [4.78, 5) is 22.1. The molecule has 2 aromatic carbocycles. The van der Waals surface area contributed by atoms with E-state index in [1.807, 2.05) is 36.4 Å². The Kier molecular flexibility index (Phi) is 3.57. The molecule has 6 heteroatoms. The Morgan fingerprint density at radius 3 is 2.32 bits per heavy atom. The lowest BCUT2D eigenvalue weighted by Gasteiger charge is -2.24. The van der Waals surface area contributed by atoms with Crippen LogP contribution in [0.4, 0.5) is 10.5 Å². The summed E-state index contributed by atoms with van der Waals surface area (Å²) in [7, 11) is 0. The van der Waals surface area contributed by atoms with Crippen LogP contribution in [0.15, 0.2) is 60.7 Å². The lowest BCUT2D eigenvalue weighted by Crippen LogP contribution is -2.40. The van der Waals surface area contributed by atoms with Gasteiger partial charge in [0.2, 0.25) is 0 Å². The van der Waals surface area contributed by atoms with Crippen LogP contribution in [0.1, 0.15) is 17.2 Å². The van der Waals surface area contributed by atoms with Gasteiger partial charge in [-0.2, -0.15) is 0 Å². The van der Waals surface area contributed by atoms with Crippen LogP contribution < -0.4 is 10.6 Å². The molecule has 0 spiro atoms. The molecule has 1 atom stereocenters. The van der Waals surface area contributed by atoms with Crippen molar-refractivity contribution in [2.75, 3.05) is 0 Å². The number of carbonyl (C=O) groups excluding carboxylic acids is 1. The zero-order chi connectivity index (χ0) is 15.5. The van der Waals surface area contributed by atoms with Crippen molar-refractivity contribution in [3.8, 4) is 0 Å². The lowest BCUT2D eigenvalue weighted by molar-refractivity contribution is -0.384. The maximum atomic E-state index is 11.8. The number of nitro groups is 1. The van der Waals surface area contributed by atoms with Crippen LogP contribution >= 0.6 is 0 Å². The number of nitrogens with zero attached hydrogens (tertiary/aromatic N) is 1. The monoisotopic (exact) mass is 295 g/mol. The Balaban J connectivity index is 1.92. The van der Waals surface area contributed by atoms with Gasteiger partial charge >= 0.3 is 6.03 Å². The third kappa shape index (κ3) is 2.80. The highest BCUT2D eigenvalue weighted by Gasteiger charge is 2.20. The first kappa shape index (κ1) is 13.8. The van der Waals surface area contributed by atoms with Gasteiger partial charge < -0.3 is 10.6 Å². The van der Waals surface area contributed by atoms with Gasteiger partial charge in [0.05, 0.1) is 11.0 Å². The molecule has 22 heavy (non-hydrogen) atoms. The highest BCUT2D eigenvalue weighted by Crippen LogP contribution is 2.24. The fraction of sp³-hybridized carbons (Fsp3) is 0.0625. The van der Waals surface area contributed by atoms with Crippen LogP contribution in [0.3, 0.4) is 0 Å². The zero-order valence-corrected chi connectivity index (χ0v) is 11.5. The molecule has 1 aliphatic rings. The molecule has 0 bridgehead atoms. The van der Waals surface area contributed by atoms with E-state index in [1.54, 1.807) is 12.1 Å². The standard InChI is InChI=1S/C16H13N3O3/c20-16-17-14(11-4-2-1-3-5-11)10-15(18-16)12-6-8-13(9-7-12)19(21)22/h1-10,15H,(H2,17,18,20). The SMILES string of the molecule is O=C1NC(c2ccccc2)=CC(c2ccc([N+](=O)[O-])cc2)N1. The number of hydrogen-bond acceptors (Lipinski definition) is 3. The van der Waals surface area contributed by atoms with Crippen LogP contribution in [0, 0.1) is 10.1 Å². The largest absolute Gasteiger partial charge is 0.327 e. The van der Waals surface area contributed by atoms with E-state index in [0.29, 0.717) is 5.70 Å². The number of non-ortho nitro benzene ring substituents is 1. The normalized spacial score (nSPS) is 17.2. The molecule has 1 heterocycles. The minimum Gasteiger partial charge on any atom is -0.327 e. The van der Waals surface area contributed by atoms with Crippen molar-refractivity contribution in [3.05, 3.63) is 81.9 Å². The zero-order valence-electron chi connectivity index (χ0n) is 11.5. The van der Waals surface area contributed by atoms with Crippen molar-refractivity contribution >= 4 is 17.4 Å². The van der Waals surface area contributed by atoms with Gasteiger partial charge in [-0.25, -0.2) is 4.79 Å². The fourth-order valence-electron chi connectivity index (χ4n) is 2.32. The van der Waals surface area contributed by atoms with Crippen molar-refractivity contribution in [2.45, 2.75) is 6.04 Å². The predicted molar refractivity (Wildman–Crippen MR) is 81.9 cm³/mol. The first-order chi connectivity index (χ1) is 10.6. The van der Waals surface area contributed by atoms with E-state index in [4.69, 9.17) is 0 Å². The Morgan fingerprint density at radius 1 is 1.00 bits per heavy atom. The summed E-state index contributed by atoms with van der Waals surface area (Å²) < 4.78 is 0. The summed E-state index contributed by atoms with van der Waals surface area (Å²) in [6.45, 7) is 0. The number of rotatable bonds is 3. The second kappa shape index (κ2) is 5.69. The molecule has 2 N–H and O–H groups in total. The van der Waals surface area contributed by atoms with E-state index in [0.717, 1.165) is 11.1 Å². The van der Waals surface area contributed by atoms with Crippen molar-refractivity contribution in [2.24, 2.45) is 0 Å². The van der Waals surface area contributed by atoms with Crippen molar-refractivity contribution in [1.29, 1.82) is 0 Å². The molecule has 0 saturated heterocycles. The van der Waals surface area contributed by atoms with Crippen molar-refractivity contribution in [1.82, 2.24) is 10.6 Å². The van der Waals surface area contributed by atoms with E-state index in [9.17, 15) is 14.9 Å². The van der Waals surface area contributed by atoms with Gasteiger partial charge in [-0.1, -0.05) is 30.3 Å². The summed E-state index contributed by atoms with van der Waals surface area (Å²) in [5, 5.41) is 16.2. The highest BCUT2D eigenvalue weighted by molar-refractivity contribution is 5.88. The number of benzene rings is 2. The molecule has 2 aromatic rings. The second-order valence-electron chi connectivity index (χ2n) is 4.87. The van der Waals surface area contributed by atoms with E-state index < -0.39 is 4.92 Å². The summed E-state index contributed by atoms with van der Waals surface area (Å²) in [5.41, 5.74) is 2.43. The topological polar surface area (TPSA) is 84.3 Å². The first-order valence-corrected chi connectivity index (χ1v) is 6.72. The second-order valence-corrected chi connectivity index (χ2v) is 4.87. The molecule has 0 saturated carbocycles. The molecular formula is C16H13N3O3. The minimum absolute atomic E-state index is 0.0243. The highest BCUT2D eigenvalue weighted by atomic mass is 16.6. The molecule has 0 fully saturated rings. The van der Waals surface area contributed by atoms with E-state index in [2.05, 4.69) is 10.6 Å². The quantitative estimate of drug-likeness (QED) is 0.674. The van der Waals surface area contributed by atoms with Gasteiger partial charge in [-0.15, -0.1) is 0 Å². The molecule has 3 rings (SSSR count). The van der Waals surface area contributed by atoms with Gasteiger partial charge in [-0.3, -0.25) is 10.1 Å². The van der Waals surface area contributed by atoms with Gasteiger partial charge in [0.15, 0.2) is 0 Å². The number of hydrogen-bond donors (Lipinski definition) is 2. The molecule has 1 aliphatic heterocycles. The summed E-state index contributed by atoms with van der Waals surface area (Å²) >= 11 is 0. The van der Waals surface area contributed by atoms with E-state index in [-0.39, 0.29) is 17.8 Å². The van der Waals surface area contributed by atoms with Crippen LogP contribution in [-0.2, 0) is 0 Å². The van der Waals surface area contributed by atoms with Crippen molar-refractivity contribution in [3.63, 3.8) is 0 Å². The van der Waals surface area contributed by atoms with Crippen molar-refractivity contribution < 1.29 is 9.72 Å². The molecule has 110 valence electrons. The van der Waals surface area contributed by atoms with Crippen LogP contribution in [-0.4, -0.2) is 11.0 Å². The molecular weight excluding hydrogens is 282 g/mol. The fourth-order valence-corrected chi connectivity index (χ4v) is 2.32. The molecule has 0 aliphatic carbocycles. The van der Waals surface area contributed by atoms with Crippen LogP contribution in [0.5, 0.6) is 0 Å². The van der Waals surface area contributed by atoms with Gasteiger partial charge in [0.25, 0.3) is 5.69 Å².